The van der Waals surface area contributed by atoms with E-state index >= 15 is 0 Å². The van der Waals surface area contributed by atoms with Gasteiger partial charge in [-0.2, -0.15) is 13.2 Å². The monoisotopic (exact) mass is 486 g/mol. The summed E-state index contributed by atoms with van der Waals surface area (Å²) < 4.78 is 37.0. The van der Waals surface area contributed by atoms with Gasteiger partial charge in [0, 0.05) is 22.7 Å². The molecule has 0 aliphatic carbocycles. The van der Waals surface area contributed by atoms with E-state index in [1.807, 2.05) is 24.3 Å². The summed E-state index contributed by atoms with van der Waals surface area (Å²) in [5.74, 6) is -1.89. The molecule has 2 aromatic rings. The number of ether oxygens (including phenoxy) is 1. The van der Waals surface area contributed by atoms with Crippen LogP contribution in [0.3, 0.4) is 0 Å². The molecule has 2 N–H and O–H groups in total. The third-order valence-electron chi connectivity index (χ3n) is 5.64. The molecule has 0 radical (unpaired) electrons. The van der Waals surface area contributed by atoms with Crippen LogP contribution in [0.15, 0.2) is 42.5 Å². The van der Waals surface area contributed by atoms with Crippen LogP contribution in [0.25, 0.3) is 0 Å². The highest BCUT2D eigenvalue weighted by Crippen LogP contribution is 2.49. The predicted molar refractivity (Wildman–Crippen MR) is 119 cm³/mol. The van der Waals surface area contributed by atoms with E-state index in [9.17, 15) is 13.2 Å². The van der Waals surface area contributed by atoms with Crippen molar-refractivity contribution >= 4 is 34.8 Å². The van der Waals surface area contributed by atoms with E-state index in [0.29, 0.717) is 0 Å². The Labute approximate surface area is 194 Å². The first-order chi connectivity index (χ1) is 15.1. The molecule has 4 rings (SSSR count). The van der Waals surface area contributed by atoms with Crippen LogP contribution in [0.1, 0.15) is 29.5 Å². The Morgan fingerprint density at radius 1 is 1.22 bits per heavy atom. The zero-order valence-corrected chi connectivity index (χ0v) is 18.8. The molecule has 2 aliphatic rings. The van der Waals surface area contributed by atoms with Gasteiger partial charge in [0.2, 0.25) is 0 Å². The molecule has 1 saturated heterocycles. The number of thiocarbonyl (C=S) groups is 1. The SMILES string of the molecule is COc1ccc(CN2C(=S)c3cccc(Cl)c3C23CCNCC3)cc1.O=C(O)C(F)(F)F. The molecule has 172 valence electrons. The average molecular weight is 487 g/mol. The van der Waals surface area contributed by atoms with Gasteiger partial charge in [0.05, 0.1) is 12.6 Å². The summed E-state index contributed by atoms with van der Waals surface area (Å²) in [4.78, 5) is 12.2. The summed E-state index contributed by atoms with van der Waals surface area (Å²) in [5, 5.41) is 11.4. The second kappa shape index (κ2) is 9.64. The Bertz CT molecular complexity index is 993. The van der Waals surface area contributed by atoms with E-state index in [2.05, 4.69) is 28.4 Å². The lowest BCUT2D eigenvalue weighted by atomic mass is 9.81. The maximum Gasteiger partial charge on any atom is 0.490 e. The molecule has 10 heteroatoms. The topological polar surface area (TPSA) is 61.8 Å². The van der Waals surface area contributed by atoms with Crippen LogP contribution in [0.5, 0.6) is 5.75 Å². The summed E-state index contributed by atoms with van der Waals surface area (Å²) in [7, 11) is 1.69. The number of benzene rings is 2. The van der Waals surface area contributed by atoms with Crippen molar-refractivity contribution in [1.82, 2.24) is 10.2 Å². The zero-order valence-electron chi connectivity index (χ0n) is 17.2. The maximum absolute atomic E-state index is 10.6. The van der Waals surface area contributed by atoms with Crippen molar-refractivity contribution in [2.24, 2.45) is 0 Å². The summed E-state index contributed by atoms with van der Waals surface area (Å²) in [6, 6.07) is 14.3. The van der Waals surface area contributed by atoms with Crippen molar-refractivity contribution < 1.29 is 27.8 Å². The maximum atomic E-state index is 10.6. The molecule has 2 heterocycles. The number of aliphatic carboxylic acids is 1. The van der Waals surface area contributed by atoms with E-state index in [-0.39, 0.29) is 5.54 Å². The molecule has 0 bridgehead atoms. The Morgan fingerprint density at radius 3 is 2.34 bits per heavy atom. The Morgan fingerprint density at radius 2 is 1.81 bits per heavy atom. The standard InChI is InChI=1S/C20H21ClN2OS.C2HF3O2/c1-24-15-7-5-14(6-8-15)13-23-19(25)16-3-2-4-17(21)18(16)20(23)9-11-22-12-10-20;3-2(4,5)1(6)7/h2-8,22H,9-13H2,1H3;(H,6,7). The van der Waals surface area contributed by atoms with E-state index < -0.39 is 12.1 Å². The average Bonchev–Trinajstić information content (AvgIpc) is 2.98. The molecule has 0 amide bonds. The number of carboxylic acid groups (broad SMARTS) is 1. The second-order valence-electron chi connectivity index (χ2n) is 7.49. The number of carbonyl (C=O) groups is 1. The molecule has 1 spiro atoms. The highest BCUT2D eigenvalue weighted by molar-refractivity contribution is 7.80. The molecule has 0 unspecified atom stereocenters. The fourth-order valence-electron chi connectivity index (χ4n) is 4.15. The summed E-state index contributed by atoms with van der Waals surface area (Å²) in [6.07, 6.45) is -3.06. The molecular formula is C22H22ClF3N2O3S. The lowest BCUT2D eigenvalue weighted by Crippen LogP contribution is -2.49. The molecule has 32 heavy (non-hydrogen) atoms. The lowest BCUT2D eigenvalue weighted by molar-refractivity contribution is -0.192. The first kappa shape index (κ1) is 24.3. The molecular weight excluding hydrogens is 465 g/mol. The second-order valence-corrected chi connectivity index (χ2v) is 8.28. The Balaban J connectivity index is 0.000000360. The smallest absolute Gasteiger partial charge is 0.490 e. The highest BCUT2D eigenvalue weighted by Gasteiger charge is 2.49. The van der Waals surface area contributed by atoms with E-state index in [1.54, 1.807) is 7.11 Å². The number of alkyl halides is 3. The largest absolute Gasteiger partial charge is 0.497 e. The minimum Gasteiger partial charge on any atom is -0.497 e. The van der Waals surface area contributed by atoms with Gasteiger partial charge in [-0.3, -0.25) is 0 Å². The third kappa shape index (κ3) is 4.84. The van der Waals surface area contributed by atoms with Crippen molar-refractivity contribution in [3.05, 3.63) is 64.2 Å². The number of halogens is 4. The summed E-state index contributed by atoms with van der Waals surface area (Å²) in [6.45, 7) is 2.74. The highest BCUT2D eigenvalue weighted by atomic mass is 35.5. The molecule has 0 atom stereocenters. The number of hydrogen-bond donors (Lipinski definition) is 2. The van der Waals surface area contributed by atoms with Crippen LogP contribution in [0, 0.1) is 0 Å². The van der Waals surface area contributed by atoms with Crippen molar-refractivity contribution in [1.29, 1.82) is 0 Å². The van der Waals surface area contributed by atoms with Crippen molar-refractivity contribution in [3.63, 3.8) is 0 Å². The van der Waals surface area contributed by atoms with Crippen LogP contribution in [-0.4, -0.2) is 47.3 Å². The quantitative estimate of drug-likeness (QED) is 0.610. The third-order valence-corrected chi connectivity index (χ3v) is 6.40. The number of hydrogen-bond acceptors (Lipinski definition) is 4. The van der Waals surface area contributed by atoms with Crippen LogP contribution < -0.4 is 10.1 Å². The van der Waals surface area contributed by atoms with Gasteiger partial charge in [0.25, 0.3) is 0 Å². The van der Waals surface area contributed by atoms with E-state index in [1.165, 1.54) is 11.1 Å². The minimum atomic E-state index is -5.08. The Kier molecular flexibility index (Phi) is 7.32. The molecule has 2 aliphatic heterocycles. The number of methoxy groups -OCH3 is 1. The van der Waals surface area contributed by atoms with Crippen LogP contribution in [0.2, 0.25) is 5.02 Å². The predicted octanol–water partition coefficient (Wildman–Crippen LogP) is 4.75. The van der Waals surface area contributed by atoms with Gasteiger partial charge >= 0.3 is 12.1 Å². The fourth-order valence-corrected chi connectivity index (χ4v) is 4.91. The summed E-state index contributed by atoms with van der Waals surface area (Å²) >= 11 is 12.5. The molecule has 1 fully saturated rings. The van der Waals surface area contributed by atoms with Crippen molar-refractivity contribution in [2.45, 2.75) is 31.1 Å². The minimum absolute atomic E-state index is 0.101. The van der Waals surface area contributed by atoms with Gasteiger partial charge in [-0.1, -0.05) is 48.1 Å². The van der Waals surface area contributed by atoms with Crippen molar-refractivity contribution in [3.8, 4) is 5.75 Å². The Hall–Kier alpha value is -2.36. The normalized spacial score (nSPS) is 16.9. The van der Waals surface area contributed by atoms with Gasteiger partial charge in [0.1, 0.15) is 10.7 Å². The van der Waals surface area contributed by atoms with Gasteiger partial charge < -0.3 is 20.1 Å². The van der Waals surface area contributed by atoms with Crippen molar-refractivity contribution in [2.75, 3.05) is 20.2 Å². The number of fused-ring (bicyclic) bond motifs is 2. The first-order valence-electron chi connectivity index (χ1n) is 9.85. The van der Waals surface area contributed by atoms with Gasteiger partial charge in [-0.15, -0.1) is 0 Å². The van der Waals surface area contributed by atoms with Gasteiger partial charge in [-0.05, 0) is 49.7 Å². The van der Waals surface area contributed by atoms with E-state index in [0.717, 1.165) is 53.8 Å². The van der Waals surface area contributed by atoms with Gasteiger partial charge in [-0.25, -0.2) is 4.79 Å². The molecule has 2 aromatic carbocycles. The molecule has 0 saturated carbocycles. The molecule has 5 nitrogen and oxygen atoms in total. The summed E-state index contributed by atoms with van der Waals surface area (Å²) in [5.41, 5.74) is 3.47. The molecule has 0 aromatic heterocycles. The zero-order chi connectivity index (χ0) is 23.5. The lowest BCUT2D eigenvalue weighted by Gasteiger charge is -2.44. The van der Waals surface area contributed by atoms with Crippen LogP contribution >= 0.6 is 23.8 Å². The number of carboxylic acids is 1. The number of rotatable bonds is 3. The number of nitrogens with zero attached hydrogens (tertiary/aromatic N) is 1. The fraction of sp³-hybridized carbons (Fsp3) is 0.364. The van der Waals surface area contributed by atoms with E-state index in [4.69, 9.17) is 38.5 Å². The van der Waals surface area contributed by atoms with Crippen LogP contribution in [-0.2, 0) is 16.9 Å². The van der Waals surface area contributed by atoms with Gasteiger partial charge in [0.15, 0.2) is 0 Å². The first-order valence-corrected chi connectivity index (χ1v) is 10.6. The number of nitrogens with one attached hydrogen (secondary N) is 1. The number of piperidine rings is 1. The van der Waals surface area contributed by atoms with Crippen LogP contribution in [0.4, 0.5) is 13.2 Å².